The van der Waals surface area contributed by atoms with Crippen molar-refractivity contribution in [3.8, 4) is 0 Å². The van der Waals surface area contributed by atoms with Crippen LogP contribution in [-0.2, 0) is 20.7 Å². The first kappa shape index (κ1) is 16.7. The van der Waals surface area contributed by atoms with Crippen molar-refractivity contribution < 1.29 is 14.3 Å². The molecule has 0 radical (unpaired) electrons. The largest absolute Gasteiger partial charge is 0.458 e. The Labute approximate surface area is 124 Å². The first-order chi connectivity index (χ1) is 9.28. The molecule has 0 unspecified atom stereocenters. The zero-order valence-corrected chi connectivity index (χ0v) is 13.4. The van der Waals surface area contributed by atoms with Crippen LogP contribution in [0.25, 0.3) is 0 Å². The Kier molecular flexibility index (Phi) is 6.20. The van der Waals surface area contributed by atoms with Gasteiger partial charge in [-0.05, 0) is 52.0 Å². The summed E-state index contributed by atoms with van der Waals surface area (Å²) >= 11 is 1.69. The zero-order valence-electron chi connectivity index (χ0n) is 12.6. The third-order valence-electron chi connectivity index (χ3n) is 2.54. The van der Waals surface area contributed by atoms with Gasteiger partial charge in [0.2, 0.25) is 5.91 Å². The van der Waals surface area contributed by atoms with E-state index < -0.39 is 17.6 Å². The van der Waals surface area contributed by atoms with E-state index in [4.69, 9.17) is 4.74 Å². The molecule has 1 amide bonds. The highest BCUT2D eigenvalue weighted by Crippen LogP contribution is 2.12. The van der Waals surface area contributed by atoms with Crippen molar-refractivity contribution in [1.82, 2.24) is 5.32 Å². The minimum absolute atomic E-state index is 0.111. The molecule has 0 fully saturated rings. The van der Waals surface area contributed by atoms with Crippen LogP contribution in [0.2, 0.25) is 0 Å². The number of rotatable bonds is 6. The van der Waals surface area contributed by atoms with Crippen molar-refractivity contribution in [2.75, 3.05) is 0 Å². The molecule has 4 nitrogen and oxygen atoms in total. The number of amides is 1. The molecule has 112 valence electrons. The second-order valence-corrected chi connectivity index (χ2v) is 6.79. The molecule has 0 bridgehead atoms. The summed E-state index contributed by atoms with van der Waals surface area (Å²) in [6.45, 7) is 7.06. The van der Waals surface area contributed by atoms with E-state index in [1.165, 1.54) is 4.88 Å². The van der Waals surface area contributed by atoms with Crippen molar-refractivity contribution in [3.63, 3.8) is 0 Å². The molecule has 1 aromatic rings. The van der Waals surface area contributed by atoms with Crippen molar-refractivity contribution in [2.24, 2.45) is 0 Å². The molecule has 1 atom stereocenters. The third kappa shape index (κ3) is 6.70. The molecule has 0 aliphatic rings. The fourth-order valence-electron chi connectivity index (χ4n) is 1.64. The number of carbonyl (C=O) groups is 2. The maximum atomic E-state index is 11.7. The maximum Gasteiger partial charge on any atom is 0.328 e. The quantitative estimate of drug-likeness (QED) is 0.821. The minimum atomic E-state index is -0.608. The Morgan fingerprint density at radius 2 is 2.10 bits per heavy atom. The van der Waals surface area contributed by atoms with Crippen LogP contribution in [0, 0.1) is 0 Å². The summed E-state index contributed by atoms with van der Waals surface area (Å²) in [7, 11) is 0. The van der Waals surface area contributed by atoms with Gasteiger partial charge >= 0.3 is 5.97 Å². The van der Waals surface area contributed by atoms with Gasteiger partial charge in [0.05, 0.1) is 0 Å². The molecular formula is C15H23NO3S. The predicted molar refractivity (Wildman–Crippen MR) is 80.7 cm³/mol. The molecule has 1 aromatic heterocycles. The lowest BCUT2D eigenvalue weighted by Crippen LogP contribution is -2.42. The van der Waals surface area contributed by atoms with E-state index in [0.717, 1.165) is 12.8 Å². The third-order valence-corrected chi connectivity index (χ3v) is 3.48. The van der Waals surface area contributed by atoms with Gasteiger partial charge in [0.25, 0.3) is 0 Å². The molecule has 1 rings (SSSR count). The van der Waals surface area contributed by atoms with E-state index in [9.17, 15) is 9.59 Å². The average molecular weight is 297 g/mol. The van der Waals surface area contributed by atoms with Crippen molar-refractivity contribution in [1.29, 1.82) is 0 Å². The summed E-state index contributed by atoms with van der Waals surface area (Å²) in [6.07, 6.45) is 2.10. The molecular weight excluding hydrogens is 274 g/mol. The van der Waals surface area contributed by atoms with Gasteiger partial charge in [-0.2, -0.15) is 0 Å². The molecule has 5 heteroatoms. The highest BCUT2D eigenvalue weighted by atomic mass is 32.1. The summed E-state index contributed by atoms with van der Waals surface area (Å²) in [6, 6.07) is 3.46. The van der Waals surface area contributed by atoms with E-state index >= 15 is 0 Å². The van der Waals surface area contributed by atoms with Gasteiger partial charge in [-0.15, -0.1) is 11.3 Å². The summed E-state index contributed by atoms with van der Waals surface area (Å²) in [4.78, 5) is 24.7. The van der Waals surface area contributed by atoms with E-state index in [-0.39, 0.29) is 5.91 Å². The fraction of sp³-hybridized carbons (Fsp3) is 0.600. The lowest BCUT2D eigenvalue weighted by atomic mass is 10.2. The second-order valence-electron chi connectivity index (χ2n) is 5.76. The van der Waals surface area contributed by atoms with Crippen LogP contribution in [0.15, 0.2) is 17.5 Å². The van der Waals surface area contributed by atoms with E-state index in [1.807, 2.05) is 11.4 Å². The number of esters is 1. The number of aryl methyl sites for hydroxylation is 1. The van der Waals surface area contributed by atoms with Gasteiger partial charge in [-0.1, -0.05) is 6.07 Å². The van der Waals surface area contributed by atoms with Crippen LogP contribution in [0.4, 0.5) is 0 Å². The molecule has 1 heterocycles. The summed E-state index contributed by atoms with van der Waals surface area (Å²) in [5.41, 5.74) is -0.532. The van der Waals surface area contributed by atoms with Crippen molar-refractivity contribution in [2.45, 2.75) is 58.6 Å². The summed E-state index contributed by atoms with van der Waals surface area (Å²) < 4.78 is 5.21. The first-order valence-electron chi connectivity index (χ1n) is 6.82. The van der Waals surface area contributed by atoms with Crippen molar-refractivity contribution >= 4 is 23.2 Å². The molecule has 20 heavy (non-hydrogen) atoms. The first-order valence-corrected chi connectivity index (χ1v) is 7.70. The van der Waals surface area contributed by atoms with Crippen LogP contribution < -0.4 is 5.32 Å². The van der Waals surface area contributed by atoms with Crippen LogP contribution in [0.5, 0.6) is 0 Å². The topological polar surface area (TPSA) is 55.4 Å². The molecule has 0 aromatic carbocycles. The maximum absolute atomic E-state index is 11.7. The predicted octanol–water partition coefficient (Wildman–Crippen LogP) is 2.92. The van der Waals surface area contributed by atoms with Gasteiger partial charge in [0.15, 0.2) is 0 Å². The zero-order chi connectivity index (χ0) is 15.2. The van der Waals surface area contributed by atoms with Gasteiger partial charge in [-0.3, -0.25) is 4.79 Å². The molecule has 0 aliphatic heterocycles. The number of nitrogens with one attached hydrogen (secondary N) is 1. The smallest absolute Gasteiger partial charge is 0.328 e. The molecule has 0 saturated carbocycles. The van der Waals surface area contributed by atoms with E-state index in [0.29, 0.717) is 6.42 Å². The normalized spacial score (nSPS) is 12.8. The number of thiophene rings is 1. The number of carbonyl (C=O) groups excluding carboxylic acids is 2. The van der Waals surface area contributed by atoms with Crippen LogP contribution in [-0.4, -0.2) is 23.5 Å². The van der Waals surface area contributed by atoms with Gasteiger partial charge in [-0.25, -0.2) is 4.79 Å². The summed E-state index contributed by atoms with van der Waals surface area (Å²) in [5, 5.41) is 4.70. The fourth-order valence-corrected chi connectivity index (χ4v) is 2.39. The number of hydrogen-bond acceptors (Lipinski definition) is 4. The monoisotopic (exact) mass is 297 g/mol. The Morgan fingerprint density at radius 1 is 1.40 bits per heavy atom. The Balaban J connectivity index is 2.25. The molecule has 0 saturated heterocycles. The van der Waals surface area contributed by atoms with Crippen molar-refractivity contribution in [3.05, 3.63) is 22.4 Å². The average Bonchev–Trinajstić information content (AvgIpc) is 2.79. The summed E-state index contributed by atoms with van der Waals surface area (Å²) in [5.74, 6) is -0.510. The molecule has 1 N–H and O–H groups in total. The number of hydrogen-bond donors (Lipinski definition) is 1. The second kappa shape index (κ2) is 7.43. The van der Waals surface area contributed by atoms with Gasteiger partial charge < -0.3 is 10.1 Å². The number of ether oxygens (including phenoxy) is 1. The molecule has 0 spiro atoms. The lowest BCUT2D eigenvalue weighted by Gasteiger charge is -2.22. The highest BCUT2D eigenvalue weighted by molar-refractivity contribution is 7.09. The van der Waals surface area contributed by atoms with Crippen LogP contribution >= 0.6 is 11.3 Å². The Morgan fingerprint density at radius 3 is 2.65 bits per heavy atom. The minimum Gasteiger partial charge on any atom is -0.458 e. The highest BCUT2D eigenvalue weighted by Gasteiger charge is 2.22. The standard InChI is InChI=1S/C15H23NO3S/c1-11(14(18)19-15(2,3)4)16-13(17)9-5-7-12-8-6-10-20-12/h6,8,10-11H,5,7,9H2,1-4H3,(H,16,17)/t11-/m1/s1. The lowest BCUT2D eigenvalue weighted by molar-refractivity contribution is -0.158. The SMILES string of the molecule is C[C@@H](NC(=O)CCCc1cccs1)C(=O)OC(C)(C)C. The van der Waals surface area contributed by atoms with Gasteiger partial charge in [0.1, 0.15) is 11.6 Å². The Bertz CT molecular complexity index is 434. The van der Waals surface area contributed by atoms with Crippen LogP contribution in [0.1, 0.15) is 45.4 Å². The van der Waals surface area contributed by atoms with Gasteiger partial charge in [0, 0.05) is 11.3 Å². The van der Waals surface area contributed by atoms with E-state index in [2.05, 4.69) is 11.4 Å². The Hall–Kier alpha value is -1.36. The van der Waals surface area contributed by atoms with E-state index in [1.54, 1.807) is 39.0 Å². The van der Waals surface area contributed by atoms with Crippen LogP contribution in [0.3, 0.4) is 0 Å². The molecule has 0 aliphatic carbocycles.